The fourth-order valence-corrected chi connectivity index (χ4v) is 2.03. The van der Waals surface area contributed by atoms with Gasteiger partial charge in [-0.2, -0.15) is 0 Å². The van der Waals surface area contributed by atoms with Crippen LogP contribution in [0.2, 0.25) is 0 Å². The van der Waals surface area contributed by atoms with Crippen LogP contribution in [0.5, 0.6) is 11.5 Å². The van der Waals surface area contributed by atoms with Crippen molar-refractivity contribution in [2.75, 3.05) is 14.2 Å². The van der Waals surface area contributed by atoms with Gasteiger partial charge in [0.2, 0.25) is 5.96 Å². The first-order chi connectivity index (χ1) is 8.15. The van der Waals surface area contributed by atoms with Crippen LogP contribution in [-0.4, -0.2) is 25.2 Å². The van der Waals surface area contributed by atoms with Crippen LogP contribution in [-0.2, 0) is 13.1 Å². The number of nitrogens with two attached hydrogens (primary N) is 2. The van der Waals surface area contributed by atoms with Gasteiger partial charge in [0.15, 0.2) is 0 Å². The summed E-state index contributed by atoms with van der Waals surface area (Å²) in [6.07, 6.45) is 0. The summed E-state index contributed by atoms with van der Waals surface area (Å²) in [6.45, 7) is 1.24. The van der Waals surface area contributed by atoms with E-state index in [1.807, 2.05) is 12.1 Å². The Kier molecular flexibility index (Phi) is 2.95. The maximum Gasteiger partial charge on any atom is 0.208 e. The van der Waals surface area contributed by atoms with Crippen molar-refractivity contribution in [3.05, 3.63) is 23.3 Å². The van der Waals surface area contributed by atoms with Crippen LogP contribution < -0.4 is 20.9 Å². The third kappa shape index (κ3) is 2.06. The molecule has 1 heterocycles. The maximum atomic E-state index is 5.37. The van der Waals surface area contributed by atoms with Gasteiger partial charge in [-0.15, -0.1) is 5.10 Å². The Morgan fingerprint density at radius 1 is 1.12 bits per heavy atom. The van der Waals surface area contributed by atoms with E-state index in [4.69, 9.17) is 20.9 Å². The summed E-state index contributed by atoms with van der Waals surface area (Å²) < 4.78 is 10.6. The molecule has 0 aromatic heterocycles. The van der Waals surface area contributed by atoms with Crippen LogP contribution in [0, 0.1) is 0 Å². The highest BCUT2D eigenvalue weighted by molar-refractivity contribution is 5.75. The van der Waals surface area contributed by atoms with Gasteiger partial charge in [-0.3, -0.25) is 5.01 Å². The molecule has 6 heteroatoms. The van der Waals surface area contributed by atoms with Gasteiger partial charge in [-0.05, 0) is 12.1 Å². The first kappa shape index (κ1) is 11.4. The second-order valence-corrected chi connectivity index (χ2v) is 3.77. The van der Waals surface area contributed by atoms with Crippen LogP contribution in [0.3, 0.4) is 0 Å². The SMILES string of the molecule is COc1ccc(OC)c2c1CN(N=C(N)N)C2. The highest BCUT2D eigenvalue weighted by atomic mass is 16.5. The van der Waals surface area contributed by atoms with E-state index < -0.39 is 0 Å². The number of nitrogens with zero attached hydrogens (tertiary/aromatic N) is 2. The standard InChI is InChI=1S/C11H16N4O2/c1-16-9-3-4-10(17-2)8-6-15(5-7(8)9)14-11(12)13/h3-4H,5-6H2,1-2H3,(H4,12,13,14). The van der Waals surface area contributed by atoms with Gasteiger partial charge in [-0.1, -0.05) is 0 Å². The van der Waals surface area contributed by atoms with Crippen molar-refractivity contribution < 1.29 is 9.47 Å². The minimum atomic E-state index is 0.0516. The summed E-state index contributed by atoms with van der Waals surface area (Å²) >= 11 is 0. The number of hydrazone groups is 1. The Morgan fingerprint density at radius 2 is 1.59 bits per heavy atom. The molecule has 0 unspecified atom stereocenters. The zero-order chi connectivity index (χ0) is 12.4. The molecule has 0 saturated heterocycles. The molecule has 0 amide bonds. The van der Waals surface area contributed by atoms with E-state index in [9.17, 15) is 0 Å². The Balaban J connectivity index is 2.37. The van der Waals surface area contributed by atoms with Crippen molar-refractivity contribution in [2.45, 2.75) is 13.1 Å². The molecule has 4 N–H and O–H groups in total. The molecule has 0 fully saturated rings. The quantitative estimate of drug-likeness (QED) is 0.578. The number of rotatable bonds is 3. The van der Waals surface area contributed by atoms with Crippen molar-refractivity contribution in [3.8, 4) is 11.5 Å². The van der Waals surface area contributed by atoms with Crippen LogP contribution in [0.25, 0.3) is 0 Å². The van der Waals surface area contributed by atoms with E-state index in [2.05, 4.69) is 5.10 Å². The summed E-state index contributed by atoms with van der Waals surface area (Å²) in [5.74, 6) is 1.71. The molecule has 0 atom stereocenters. The molecule has 0 bridgehead atoms. The summed E-state index contributed by atoms with van der Waals surface area (Å²) in [6, 6.07) is 3.77. The predicted octanol–water partition coefficient (Wildman–Crippen LogP) is 0.208. The van der Waals surface area contributed by atoms with Gasteiger partial charge in [-0.25, -0.2) is 0 Å². The van der Waals surface area contributed by atoms with E-state index in [0.717, 1.165) is 22.6 Å². The van der Waals surface area contributed by atoms with Crippen molar-refractivity contribution in [1.82, 2.24) is 5.01 Å². The second kappa shape index (κ2) is 4.40. The zero-order valence-corrected chi connectivity index (χ0v) is 9.93. The molecule has 0 spiro atoms. The second-order valence-electron chi connectivity index (χ2n) is 3.77. The van der Waals surface area contributed by atoms with E-state index in [-0.39, 0.29) is 5.96 Å². The van der Waals surface area contributed by atoms with E-state index in [0.29, 0.717) is 13.1 Å². The lowest BCUT2D eigenvalue weighted by Gasteiger charge is -2.09. The van der Waals surface area contributed by atoms with Gasteiger partial charge < -0.3 is 20.9 Å². The molecule has 1 aliphatic rings. The maximum absolute atomic E-state index is 5.37. The zero-order valence-electron chi connectivity index (χ0n) is 9.93. The van der Waals surface area contributed by atoms with Crippen molar-refractivity contribution in [3.63, 3.8) is 0 Å². The lowest BCUT2D eigenvalue weighted by molar-refractivity contribution is 0.294. The molecule has 1 aromatic carbocycles. The average molecular weight is 236 g/mol. The van der Waals surface area contributed by atoms with Crippen molar-refractivity contribution >= 4 is 5.96 Å². The minimum Gasteiger partial charge on any atom is -0.496 e. The Hall–Kier alpha value is -2.11. The fourth-order valence-electron chi connectivity index (χ4n) is 2.03. The molecule has 1 aromatic rings. The smallest absolute Gasteiger partial charge is 0.208 e. The highest BCUT2D eigenvalue weighted by Crippen LogP contribution is 2.37. The number of guanidine groups is 1. The van der Waals surface area contributed by atoms with Crippen LogP contribution in [0.4, 0.5) is 0 Å². The first-order valence-corrected chi connectivity index (χ1v) is 5.23. The van der Waals surface area contributed by atoms with Gasteiger partial charge in [0.25, 0.3) is 0 Å². The summed E-state index contributed by atoms with van der Waals surface area (Å²) in [7, 11) is 3.29. The molecule has 0 saturated carbocycles. The average Bonchev–Trinajstić information content (AvgIpc) is 2.69. The number of ether oxygens (including phenoxy) is 2. The van der Waals surface area contributed by atoms with Crippen molar-refractivity contribution in [1.29, 1.82) is 0 Å². The monoisotopic (exact) mass is 236 g/mol. The van der Waals surface area contributed by atoms with E-state index in [1.54, 1.807) is 19.2 Å². The van der Waals surface area contributed by atoms with Gasteiger partial charge in [0, 0.05) is 11.1 Å². The molecule has 6 nitrogen and oxygen atoms in total. The van der Waals surface area contributed by atoms with Gasteiger partial charge in [0.1, 0.15) is 11.5 Å². The Labute approximate surface area is 99.8 Å². The fraction of sp³-hybridized carbons (Fsp3) is 0.364. The summed E-state index contributed by atoms with van der Waals surface area (Å²) in [5, 5.41) is 5.82. The molecule has 0 aliphatic carbocycles. The number of benzene rings is 1. The normalized spacial score (nSPS) is 13.2. The third-order valence-corrected chi connectivity index (χ3v) is 2.72. The number of methoxy groups -OCH3 is 2. The highest BCUT2D eigenvalue weighted by Gasteiger charge is 2.25. The van der Waals surface area contributed by atoms with Crippen molar-refractivity contribution in [2.24, 2.45) is 16.6 Å². The lowest BCUT2D eigenvalue weighted by Crippen LogP contribution is -2.26. The van der Waals surface area contributed by atoms with Gasteiger partial charge in [0.05, 0.1) is 27.3 Å². The number of hydrogen-bond donors (Lipinski definition) is 2. The molecule has 0 radical (unpaired) electrons. The molecular formula is C11H16N4O2. The minimum absolute atomic E-state index is 0.0516. The summed E-state index contributed by atoms with van der Waals surface area (Å²) in [4.78, 5) is 0. The lowest BCUT2D eigenvalue weighted by atomic mass is 10.1. The van der Waals surface area contributed by atoms with Crippen LogP contribution in [0.15, 0.2) is 17.2 Å². The first-order valence-electron chi connectivity index (χ1n) is 5.23. The van der Waals surface area contributed by atoms with Crippen LogP contribution >= 0.6 is 0 Å². The third-order valence-electron chi connectivity index (χ3n) is 2.72. The Morgan fingerprint density at radius 3 is 1.94 bits per heavy atom. The molecular weight excluding hydrogens is 220 g/mol. The van der Waals surface area contributed by atoms with E-state index in [1.165, 1.54) is 0 Å². The topological polar surface area (TPSA) is 86.1 Å². The predicted molar refractivity (Wildman–Crippen MR) is 64.6 cm³/mol. The molecule has 2 rings (SSSR count). The number of fused-ring (bicyclic) bond motifs is 1. The molecule has 92 valence electrons. The van der Waals surface area contributed by atoms with Crippen LogP contribution in [0.1, 0.15) is 11.1 Å². The Bertz CT molecular complexity index is 422. The van der Waals surface area contributed by atoms with Gasteiger partial charge >= 0.3 is 0 Å². The summed E-state index contributed by atoms with van der Waals surface area (Å²) in [5.41, 5.74) is 12.9. The molecule has 1 aliphatic heterocycles. The number of hydrogen-bond acceptors (Lipinski definition) is 4. The largest absolute Gasteiger partial charge is 0.496 e. The van der Waals surface area contributed by atoms with E-state index >= 15 is 0 Å². The molecule has 17 heavy (non-hydrogen) atoms.